The first kappa shape index (κ1) is 43.5. The van der Waals surface area contributed by atoms with Crippen molar-refractivity contribution in [3.8, 4) is 0 Å². The van der Waals surface area contributed by atoms with Crippen LogP contribution in [0.5, 0.6) is 0 Å². The Balaban J connectivity index is 0.000000194. The van der Waals surface area contributed by atoms with Crippen molar-refractivity contribution < 1.29 is 43.1 Å². The predicted octanol–water partition coefficient (Wildman–Crippen LogP) is 5.16. The number of nitrogens with zero attached hydrogens (tertiary/aromatic N) is 6. The van der Waals surface area contributed by atoms with Crippen LogP contribution in [0.15, 0.2) is 166 Å². The van der Waals surface area contributed by atoms with Gasteiger partial charge in [0.05, 0.1) is 19.1 Å². The van der Waals surface area contributed by atoms with Gasteiger partial charge in [-0.05, 0) is 85.4 Å². The summed E-state index contributed by atoms with van der Waals surface area (Å²) in [5.74, 6) is 0. The Morgan fingerprint density at radius 1 is 0.579 bits per heavy atom. The van der Waals surface area contributed by atoms with Crippen LogP contribution >= 0.6 is 31.9 Å². The van der Waals surface area contributed by atoms with Gasteiger partial charge in [0.25, 0.3) is 0 Å². The second-order valence-corrected chi connectivity index (χ2v) is 14.5. The van der Waals surface area contributed by atoms with Gasteiger partial charge < -0.3 is 38.5 Å². The zero-order valence-corrected chi connectivity index (χ0v) is 38.1. The minimum atomic E-state index is 0. The third-order valence-electron chi connectivity index (χ3n) is 9.88. The fourth-order valence-corrected chi connectivity index (χ4v) is 7.95. The number of aromatic nitrogens is 6. The van der Waals surface area contributed by atoms with Crippen molar-refractivity contribution in [3.05, 3.63) is 189 Å². The average molecular weight is 1010 g/mol. The third-order valence-corrected chi connectivity index (χ3v) is 11.1. The molecule has 57 heavy (non-hydrogen) atoms. The van der Waals surface area contributed by atoms with E-state index in [4.69, 9.17) is 0 Å². The SMILES string of the molecule is BrCc1cccc2cc3cccc(CBr)c3cc12.C=Cn1cc[n+](Cc2cccc3cc4cccc(C[n+]5ccn(CC)c5)c4cc23)c1.C=Cn1ccnc1.[Br-].[Br-]. The van der Waals surface area contributed by atoms with Crippen molar-refractivity contribution in [2.24, 2.45) is 0 Å². The number of hydrogen-bond donors (Lipinski definition) is 0. The standard InChI is InChI=1S/C26H26N4.C16H12Br2.C5H6N2.2BrH/c1-3-27-11-13-29(19-27)17-23-9-5-7-21-15-22-8-6-10-24(26(22)16-25(21)23)18-30-14-12-28(4-2)20-30;17-9-13-5-1-3-11-7-12-4-2-6-14(10-18)16(12)8-15(11)13;1-2-7-4-3-6-5-7;;/h3,5-16,19-20H,1,4,17-18H2,2H3;1-8H,9-10H2;2-5H,1H2;2*1H/q+2;;;;/p-2. The van der Waals surface area contributed by atoms with E-state index in [0.29, 0.717) is 0 Å². The van der Waals surface area contributed by atoms with Gasteiger partial charge in [-0.1, -0.05) is 118 Å². The van der Waals surface area contributed by atoms with Crippen LogP contribution < -0.4 is 43.1 Å². The molecule has 0 aliphatic carbocycles. The van der Waals surface area contributed by atoms with Crippen molar-refractivity contribution in [3.63, 3.8) is 0 Å². The van der Waals surface area contributed by atoms with Crippen LogP contribution in [0.3, 0.4) is 0 Å². The van der Waals surface area contributed by atoms with E-state index in [-0.39, 0.29) is 34.0 Å². The minimum absolute atomic E-state index is 0. The van der Waals surface area contributed by atoms with Crippen molar-refractivity contribution >= 4 is 87.3 Å². The Kier molecular flexibility index (Phi) is 15.8. The first-order chi connectivity index (χ1) is 27.0. The number of halogens is 4. The van der Waals surface area contributed by atoms with Gasteiger partial charge in [0.2, 0.25) is 12.7 Å². The lowest BCUT2D eigenvalue weighted by Crippen LogP contribution is -3.00. The molecule has 3 aromatic heterocycles. The molecule has 0 atom stereocenters. The van der Waals surface area contributed by atoms with Crippen molar-refractivity contribution in [2.45, 2.75) is 37.2 Å². The highest BCUT2D eigenvalue weighted by Gasteiger charge is 2.12. The van der Waals surface area contributed by atoms with Gasteiger partial charge >= 0.3 is 0 Å². The van der Waals surface area contributed by atoms with Gasteiger partial charge in [0, 0.05) is 40.4 Å². The van der Waals surface area contributed by atoms with Crippen molar-refractivity contribution in [1.82, 2.24) is 18.7 Å². The zero-order valence-electron chi connectivity index (χ0n) is 31.7. The highest BCUT2D eigenvalue weighted by molar-refractivity contribution is 9.08. The van der Waals surface area contributed by atoms with Crippen LogP contribution in [0.1, 0.15) is 29.2 Å². The summed E-state index contributed by atoms with van der Waals surface area (Å²) in [7, 11) is 0. The highest BCUT2D eigenvalue weighted by atomic mass is 79.9. The van der Waals surface area contributed by atoms with E-state index in [0.717, 1.165) is 30.3 Å². The summed E-state index contributed by atoms with van der Waals surface area (Å²) in [6.45, 7) is 12.2. The molecule has 9 rings (SSSR count). The van der Waals surface area contributed by atoms with E-state index in [1.807, 2.05) is 23.2 Å². The monoisotopic (exact) mass is 1010 g/mol. The molecule has 0 bridgehead atoms. The molecule has 0 aliphatic rings. The lowest BCUT2D eigenvalue weighted by molar-refractivity contribution is -0.687. The van der Waals surface area contributed by atoms with Crippen LogP contribution in [-0.4, -0.2) is 18.7 Å². The van der Waals surface area contributed by atoms with Gasteiger partial charge in [-0.15, -0.1) is 0 Å². The summed E-state index contributed by atoms with van der Waals surface area (Å²) in [6, 6.07) is 35.5. The van der Waals surface area contributed by atoms with Gasteiger partial charge in [0.1, 0.15) is 37.9 Å². The summed E-state index contributed by atoms with van der Waals surface area (Å²) >= 11 is 7.14. The predicted molar refractivity (Wildman–Crippen MR) is 236 cm³/mol. The molecule has 10 heteroatoms. The Hall–Kier alpha value is -4.61. The molecular formula is C47H44Br4N6. The average Bonchev–Trinajstić information content (AvgIpc) is 4.03. The number of benzene rings is 6. The molecule has 0 amide bonds. The van der Waals surface area contributed by atoms with Gasteiger partial charge in [-0.25, -0.2) is 23.3 Å². The molecule has 0 fully saturated rings. The van der Waals surface area contributed by atoms with Gasteiger partial charge in [0.15, 0.2) is 0 Å². The summed E-state index contributed by atoms with van der Waals surface area (Å²) in [5.41, 5.74) is 5.35. The van der Waals surface area contributed by atoms with E-state index in [9.17, 15) is 0 Å². The molecule has 0 saturated carbocycles. The number of rotatable bonds is 9. The Bertz CT molecular complexity index is 2670. The maximum atomic E-state index is 3.83. The topological polar surface area (TPSA) is 35.4 Å². The molecule has 6 nitrogen and oxygen atoms in total. The fourth-order valence-electron chi connectivity index (χ4n) is 6.97. The summed E-state index contributed by atoms with van der Waals surface area (Å²) in [5, 5.41) is 12.3. The lowest BCUT2D eigenvalue weighted by atomic mass is 9.97. The van der Waals surface area contributed by atoms with E-state index in [1.54, 1.807) is 23.3 Å². The lowest BCUT2D eigenvalue weighted by Gasteiger charge is -2.10. The molecule has 0 saturated heterocycles. The molecule has 6 aromatic carbocycles. The second-order valence-electron chi connectivity index (χ2n) is 13.3. The quantitative estimate of drug-likeness (QED) is 0.112. The first-order valence-electron chi connectivity index (χ1n) is 18.3. The van der Waals surface area contributed by atoms with Crippen molar-refractivity contribution in [1.29, 1.82) is 0 Å². The molecule has 0 N–H and O–H groups in total. The number of imidazole rings is 3. The fraction of sp³-hybridized carbons (Fsp3) is 0.128. The Morgan fingerprint density at radius 2 is 1.04 bits per heavy atom. The van der Waals surface area contributed by atoms with E-state index >= 15 is 0 Å². The molecular weight excluding hydrogens is 968 g/mol. The highest BCUT2D eigenvalue weighted by Crippen LogP contribution is 2.30. The maximum Gasteiger partial charge on any atom is 0.248 e. The number of aryl methyl sites for hydroxylation is 1. The largest absolute Gasteiger partial charge is 1.00 e. The van der Waals surface area contributed by atoms with E-state index < -0.39 is 0 Å². The van der Waals surface area contributed by atoms with E-state index in [1.165, 1.54) is 65.3 Å². The van der Waals surface area contributed by atoms with Crippen LogP contribution in [0.2, 0.25) is 0 Å². The molecule has 9 aromatic rings. The summed E-state index contributed by atoms with van der Waals surface area (Å²) < 4.78 is 10.4. The van der Waals surface area contributed by atoms with Crippen LogP contribution in [0.25, 0.3) is 55.5 Å². The third kappa shape index (κ3) is 10.3. The molecule has 3 heterocycles. The van der Waals surface area contributed by atoms with Crippen molar-refractivity contribution in [2.75, 3.05) is 0 Å². The molecule has 0 unspecified atom stereocenters. The number of alkyl halides is 2. The minimum Gasteiger partial charge on any atom is -1.00 e. The summed E-state index contributed by atoms with van der Waals surface area (Å²) in [4.78, 5) is 3.78. The molecule has 0 aliphatic heterocycles. The normalized spacial score (nSPS) is 10.6. The van der Waals surface area contributed by atoms with Crippen LogP contribution in [-0.2, 0) is 30.3 Å². The Morgan fingerprint density at radius 3 is 1.42 bits per heavy atom. The summed E-state index contributed by atoms with van der Waals surface area (Å²) in [6.07, 6.45) is 21.3. The van der Waals surface area contributed by atoms with Crippen LogP contribution in [0, 0.1) is 0 Å². The molecule has 0 spiro atoms. The number of fused-ring (bicyclic) bond motifs is 4. The second kappa shape index (κ2) is 20.7. The molecule has 290 valence electrons. The van der Waals surface area contributed by atoms with E-state index in [2.05, 4.69) is 199 Å². The first-order valence-corrected chi connectivity index (χ1v) is 20.6. The smallest absolute Gasteiger partial charge is 0.248 e. The van der Waals surface area contributed by atoms with Crippen LogP contribution in [0.4, 0.5) is 0 Å². The maximum absolute atomic E-state index is 3.83. The molecule has 0 radical (unpaired) electrons. The van der Waals surface area contributed by atoms with Gasteiger partial charge in [-0.2, -0.15) is 0 Å². The zero-order chi connectivity index (χ0) is 38.1. The van der Waals surface area contributed by atoms with Gasteiger partial charge in [-0.3, -0.25) is 0 Å². The Labute approximate surface area is 372 Å². The number of hydrogen-bond acceptors (Lipinski definition) is 1.